The molecule has 0 heterocycles. The van der Waals surface area contributed by atoms with E-state index in [4.69, 9.17) is 19.3 Å². The van der Waals surface area contributed by atoms with Gasteiger partial charge in [-0.2, -0.15) is 0 Å². The quantitative estimate of drug-likeness (QED) is 0.706. The van der Waals surface area contributed by atoms with Crippen molar-refractivity contribution in [2.75, 3.05) is 27.4 Å². The van der Waals surface area contributed by atoms with Crippen molar-refractivity contribution in [2.24, 2.45) is 0 Å². The second-order valence-corrected chi connectivity index (χ2v) is 3.69. The predicted octanol–water partition coefficient (Wildman–Crippen LogP) is 1.99. The Morgan fingerprint density at radius 3 is 2.47 bits per heavy atom. The molecule has 0 aromatic heterocycles. The van der Waals surface area contributed by atoms with E-state index in [-0.39, 0.29) is 6.61 Å². The Hall–Kier alpha value is -1.26. The van der Waals surface area contributed by atoms with E-state index >= 15 is 0 Å². The first-order chi connectivity index (χ1) is 8.31. The molecular formula is C13H20O4. The molecule has 0 bridgehead atoms. The van der Waals surface area contributed by atoms with Crippen LogP contribution in [0.5, 0.6) is 11.5 Å². The number of ether oxygens (including phenoxy) is 3. The third-order valence-electron chi connectivity index (χ3n) is 2.41. The SMILES string of the molecule is COCCCCOc1cc(CO)ccc1OC. The molecule has 1 rings (SSSR count). The van der Waals surface area contributed by atoms with E-state index in [2.05, 4.69) is 0 Å². The molecule has 1 aromatic rings. The zero-order chi connectivity index (χ0) is 12.5. The van der Waals surface area contributed by atoms with Crippen molar-refractivity contribution in [2.45, 2.75) is 19.4 Å². The van der Waals surface area contributed by atoms with Crippen LogP contribution in [0.1, 0.15) is 18.4 Å². The van der Waals surface area contributed by atoms with Crippen molar-refractivity contribution in [3.05, 3.63) is 23.8 Å². The number of benzene rings is 1. The molecule has 0 spiro atoms. The molecule has 0 saturated heterocycles. The Labute approximate surface area is 102 Å². The summed E-state index contributed by atoms with van der Waals surface area (Å²) in [6.07, 6.45) is 1.90. The minimum Gasteiger partial charge on any atom is -0.493 e. The minimum atomic E-state index is 0.00400. The molecule has 0 saturated carbocycles. The van der Waals surface area contributed by atoms with E-state index in [9.17, 15) is 0 Å². The van der Waals surface area contributed by atoms with Gasteiger partial charge >= 0.3 is 0 Å². The van der Waals surface area contributed by atoms with Crippen LogP contribution in [0.3, 0.4) is 0 Å². The van der Waals surface area contributed by atoms with Crippen molar-refractivity contribution in [1.29, 1.82) is 0 Å². The first-order valence-corrected chi connectivity index (χ1v) is 5.71. The molecule has 0 aliphatic rings. The van der Waals surface area contributed by atoms with Gasteiger partial charge in [-0.05, 0) is 30.5 Å². The number of hydrogen-bond donors (Lipinski definition) is 1. The number of hydrogen-bond acceptors (Lipinski definition) is 4. The number of aliphatic hydroxyl groups is 1. The lowest BCUT2D eigenvalue weighted by Gasteiger charge is -2.11. The van der Waals surface area contributed by atoms with Crippen LogP contribution in [0.2, 0.25) is 0 Å². The minimum absolute atomic E-state index is 0.00400. The predicted molar refractivity (Wildman–Crippen MR) is 65.5 cm³/mol. The summed E-state index contributed by atoms with van der Waals surface area (Å²) < 4.78 is 15.8. The standard InChI is InChI=1S/C13H20O4/c1-15-7-3-4-8-17-13-9-11(10-14)5-6-12(13)16-2/h5-6,9,14H,3-4,7-8,10H2,1-2H3. The highest BCUT2D eigenvalue weighted by molar-refractivity contribution is 5.42. The molecule has 4 nitrogen and oxygen atoms in total. The lowest BCUT2D eigenvalue weighted by Crippen LogP contribution is -2.01. The molecule has 0 radical (unpaired) electrons. The highest BCUT2D eigenvalue weighted by Gasteiger charge is 2.05. The van der Waals surface area contributed by atoms with Crippen LogP contribution in [-0.4, -0.2) is 32.5 Å². The zero-order valence-corrected chi connectivity index (χ0v) is 10.4. The van der Waals surface area contributed by atoms with E-state index in [1.165, 1.54) is 0 Å². The van der Waals surface area contributed by atoms with Crippen molar-refractivity contribution in [1.82, 2.24) is 0 Å². The normalized spacial score (nSPS) is 10.3. The molecule has 96 valence electrons. The third kappa shape index (κ3) is 4.63. The number of methoxy groups -OCH3 is 2. The fraction of sp³-hybridized carbons (Fsp3) is 0.538. The third-order valence-corrected chi connectivity index (χ3v) is 2.41. The molecule has 0 aliphatic carbocycles. The van der Waals surface area contributed by atoms with Crippen LogP contribution >= 0.6 is 0 Å². The summed E-state index contributed by atoms with van der Waals surface area (Å²) in [4.78, 5) is 0. The zero-order valence-electron chi connectivity index (χ0n) is 10.4. The van der Waals surface area contributed by atoms with E-state index in [0.717, 1.165) is 25.0 Å². The highest BCUT2D eigenvalue weighted by Crippen LogP contribution is 2.28. The number of unbranched alkanes of at least 4 members (excludes halogenated alkanes) is 1. The van der Waals surface area contributed by atoms with Gasteiger partial charge in [-0.15, -0.1) is 0 Å². The van der Waals surface area contributed by atoms with Crippen LogP contribution in [0, 0.1) is 0 Å². The van der Waals surface area contributed by atoms with Crippen LogP contribution < -0.4 is 9.47 Å². The maximum atomic E-state index is 9.05. The van der Waals surface area contributed by atoms with E-state index in [1.807, 2.05) is 6.07 Å². The van der Waals surface area contributed by atoms with Gasteiger partial charge in [0.2, 0.25) is 0 Å². The Bertz CT molecular complexity index is 325. The van der Waals surface area contributed by atoms with Crippen molar-refractivity contribution in [3.8, 4) is 11.5 Å². The van der Waals surface area contributed by atoms with Crippen LogP contribution in [0.15, 0.2) is 18.2 Å². The summed E-state index contributed by atoms with van der Waals surface area (Å²) in [5.74, 6) is 1.37. The van der Waals surface area contributed by atoms with Gasteiger partial charge < -0.3 is 19.3 Å². The average Bonchev–Trinajstić information content (AvgIpc) is 2.38. The van der Waals surface area contributed by atoms with Gasteiger partial charge in [0.1, 0.15) is 0 Å². The molecule has 0 aliphatic heterocycles. The Morgan fingerprint density at radius 2 is 1.82 bits per heavy atom. The van der Waals surface area contributed by atoms with E-state index in [1.54, 1.807) is 26.4 Å². The van der Waals surface area contributed by atoms with Gasteiger partial charge in [-0.25, -0.2) is 0 Å². The molecule has 1 aromatic carbocycles. The summed E-state index contributed by atoms with van der Waals surface area (Å²) in [7, 11) is 3.29. The van der Waals surface area contributed by atoms with Gasteiger partial charge in [0.15, 0.2) is 11.5 Å². The Kier molecular flexibility index (Phi) is 6.43. The lowest BCUT2D eigenvalue weighted by molar-refractivity contribution is 0.183. The van der Waals surface area contributed by atoms with Gasteiger partial charge in [-0.1, -0.05) is 6.07 Å². The fourth-order valence-electron chi connectivity index (χ4n) is 1.46. The highest BCUT2D eigenvalue weighted by atomic mass is 16.5. The molecule has 0 fully saturated rings. The summed E-state index contributed by atoms with van der Waals surface area (Å²) in [6, 6.07) is 5.42. The van der Waals surface area contributed by atoms with E-state index in [0.29, 0.717) is 18.1 Å². The van der Waals surface area contributed by atoms with Crippen molar-refractivity contribution < 1.29 is 19.3 Å². The first kappa shape index (κ1) is 13.8. The van der Waals surface area contributed by atoms with Gasteiger partial charge in [0.05, 0.1) is 20.3 Å². The summed E-state index contributed by atoms with van der Waals surface area (Å²) in [6.45, 7) is 1.37. The second-order valence-electron chi connectivity index (χ2n) is 3.69. The Morgan fingerprint density at radius 1 is 1.06 bits per heavy atom. The van der Waals surface area contributed by atoms with Crippen molar-refractivity contribution in [3.63, 3.8) is 0 Å². The summed E-state index contributed by atoms with van der Waals surface area (Å²) >= 11 is 0. The van der Waals surface area contributed by atoms with Crippen LogP contribution in [0.4, 0.5) is 0 Å². The maximum Gasteiger partial charge on any atom is 0.161 e. The van der Waals surface area contributed by atoms with E-state index < -0.39 is 0 Å². The topological polar surface area (TPSA) is 47.9 Å². The number of rotatable bonds is 8. The molecule has 0 amide bonds. The summed E-state index contributed by atoms with van der Waals surface area (Å²) in [5, 5.41) is 9.05. The molecule has 17 heavy (non-hydrogen) atoms. The largest absolute Gasteiger partial charge is 0.493 e. The van der Waals surface area contributed by atoms with Gasteiger partial charge in [0, 0.05) is 13.7 Å². The maximum absolute atomic E-state index is 9.05. The molecule has 0 unspecified atom stereocenters. The molecule has 1 N–H and O–H groups in total. The summed E-state index contributed by atoms with van der Waals surface area (Å²) in [5.41, 5.74) is 0.817. The van der Waals surface area contributed by atoms with Gasteiger partial charge in [0.25, 0.3) is 0 Å². The smallest absolute Gasteiger partial charge is 0.161 e. The Balaban J connectivity index is 2.49. The molecule has 4 heteroatoms. The average molecular weight is 240 g/mol. The first-order valence-electron chi connectivity index (χ1n) is 5.71. The molecular weight excluding hydrogens is 220 g/mol. The second kappa shape index (κ2) is 7.92. The lowest BCUT2D eigenvalue weighted by atomic mass is 10.2. The monoisotopic (exact) mass is 240 g/mol. The fourth-order valence-corrected chi connectivity index (χ4v) is 1.46. The van der Waals surface area contributed by atoms with Crippen LogP contribution in [-0.2, 0) is 11.3 Å². The van der Waals surface area contributed by atoms with Gasteiger partial charge in [-0.3, -0.25) is 0 Å². The molecule has 0 atom stereocenters. The van der Waals surface area contributed by atoms with Crippen LogP contribution in [0.25, 0.3) is 0 Å². The number of aliphatic hydroxyl groups excluding tert-OH is 1. The van der Waals surface area contributed by atoms with Crippen molar-refractivity contribution >= 4 is 0 Å².